The lowest BCUT2D eigenvalue weighted by molar-refractivity contribution is -0.122. The van der Waals surface area contributed by atoms with Crippen LogP contribution in [0.2, 0.25) is 0 Å². The minimum Gasteiger partial charge on any atom is -0.491 e. The molecule has 0 radical (unpaired) electrons. The monoisotopic (exact) mass is 560 g/mol. The molecule has 216 valence electrons. The highest BCUT2D eigenvalue weighted by molar-refractivity contribution is 5.99. The third kappa shape index (κ3) is 5.46. The van der Waals surface area contributed by atoms with E-state index < -0.39 is 0 Å². The number of hydrogen-bond donors (Lipinski definition) is 2. The standard InChI is InChI=1S/C30H36N6O5/c1-19-3-4-20-16-26(19)41-12-9-31-27(37)17-22-6-7-23(18-32-28(20)38)36(22)29(39)21-5-8-25-24(15-21)33-30(34(25)2)35-10-13-40-14-11-35/h3-5,8,15-16,22-23H,6-7,9-14,17-18H2,1-2H3,(H,31,37)(H,32,38)/t22-,23+/m0/s1. The second kappa shape index (κ2) is 11.4. The van der Waals surface area contributed by atoms with Gasteiger partial charge in [0.1, 0.15) is 12.4 Å². The number of ether oxygens (including phenoxy) is 2. The lowest BCUT2D eigenvalue weighted by Gasteiger charge is -2.30. The van der Waals surface area contributed by atoms with Gasteiger partial charge in [-0.15, -0.1) is 0 Å². The first-order valence-corrected chi connectivity index (χ1v) is 14.3. The molecular formula is C30H36N6O5. The zero-order chi connectivity index (χ0) is 28.5. The number of nitrogens with zero attached hydrogens (tertiary/aromatic N) is 4. The van der Waals surface area contributed by atoms with Crippen molar-refractivity contribution in [1.29, 1.82) is 0 Å². The molecule has 41 heavy (non-hydrogen) atoms. The van der Waals surface area contributed by atoms with E-state index in [2.05, 4.69) is 15.5 Å². The molecule has 4 heterocycles. The van der Waals surface area contributed by atoms with E-state index >= 15 is 0 Å². The van der Waals surface area contributed by atoms with Gasteiger partial charge in [0.2, 0.25) is 11.9 Å². The number of rotatable bonds is 2. The van der Waals surface area contributed by atoms with E-state index in [1.54, 1.807) is 17.0 Å². The zero-order valence-corrected chi connectivity index (χ0v) is 23.5. The Hall–Kier alpha value is -4.12. The second-order valence-electron chi connectivity index (χ2n) is 11.0. The molecule has 0 saturated carbocycles. The van der Waals surface area contributed by atoms with E-state index in [1.807, 2.05) is 42.8 Å². The summed E-state index contributed by atoms with van der Waals surface area (Å²) in [5, 5.41) is 5.94. The third-order valence-electron chi connectivity index (χ3n) is 8.30. The van der Waals surface area contributed by atoms with E-state index in [1.165, 1.54) is 0 Å². The summed E-state index contributed by atoms with van der Waals surface area (Å²) in [6.45, 7) is 5.68. The Balaban J connectivity index is 1.27. The van der Waals surface area contributed by atoms with Crippen LogP contribution in [0.4, 0.5) is 5.95 Å². The summed E-state index contributed by atoms with van der Waals surface area (Å²) in [5.41, 5.74) is 3.60. The summed E-state index contributed by atoms with van der Waals surface area (Å²) in [5.74, 6) is 0.953. The van der Waals surface area contributed by atoms with Gasteiger partial charge in [0, 0.05) is 56.3 Å². The van der Waals surface area contributed by atoms with Crippen molar-refractivity contribution in [3.8, 4) is 5.75 Å². The molecule has 11 heteroatoms. The minimum absolute atomic E-state index is 0.128. The number of benzene rings is 2. The number of amides is 3. The lowest BCUT2D eigenvalue weighted by Crippen LogP contribution is -2.47. The molecule has 3 aromatic rings. The number of carbonyl (C=O) groups excluding carboxylic acids is 3. The first-order valence-electron chi connectivity index (χ1n) is 14.3. The number of aromatic nitrogens is 2. The van der Waals surface area contributed by atoms with E-state index in [9.17, 15) is 14.4 Å². The van der Waals surface area contributed by atoms with Crippen molar-refractivity contribution in [2.24, 2.45) is 7.05 Å². The van der Waals surface area contributed by atoms with E-state index in [4.69, 9.17) is 14.5 Å². The first-order chi connectivity index (χ1) is 19.9. The van der Waals surface area contributed by atoms with Crippen molar-refractivity contribution in [3.63, 3.8) is 0 Å². The van der Waals surface area contributed by atoms with Gasteiger partial charge in [-0.25, -0.2) is 4.98 Å². The van der Waals surface area contributed by atoms with Crippen molar-refractivity contribution in [2.45, 2.75) is 38.3 Å². The van der Waals surface area contributed by atoms with E-state index in [0.29, 0.717) is 56.0 Å². The highest BCUT2D eigenvalue weighted by atomic mass is 16.5. The average molecular weight is 561 g/mol. The number of aryl methyl sites for hydroxylation is 2. The number of anilines is 1. The third-order valence-corrected chi connectivity index (χ3v) is 8.30. The van der Waals surface area contributed by atoms with Gasteiger partial charge in [-0.3, -0.25) is 14.4 Å². The molecule has 11 nitrogen and oxygen atoms in total. The topological polar surface area (TPSA) is 118 Å². The molecule has 4 bridgehead atoms. The Labute approximate surface area is 238 Å². The zero-order valence-electron chi connectivity index (χ0n) is 23.5. The molecule has 2 atom stereocenters. The molecule has 0 spiro atoms. The molecule has 0 unspecified atom stereocenters. The van der Waals surface area contributed by atoms with Crippen LogP contribution in [0, 0.1) is 6.92 Å². The molecular weight excluding hydrogens is 524 g/mol. The highest BCUT2D eigenvalue weighted by Gasteiger charge is 2.38. The molecule has 2 aromatic carbocycles. The maximum absolute atomic E-state index is 14.1. The minimum atomic E-state index is -0.276. The molecule has 3 amide bonds. The number of nitrogens with one attached hydrogen (secondary N) is 2. The predicted octanol–water partition coefficient (Wildman–Crippen LogP) is 2.02. The van der Waals surface area contributed by atoms with Crippen LogP contribution in [-0.2, 0) is 16.6 Å². The van der Waals surface area contributed by atoms with Crippen LogP contribution in [-0.4, -0.2) is 90.3 Å². The summed E-state index contributed by atoms with van der Waals surface area (Å²) in [4.78, 5) is 48.8. The predicted molar refractivity (Wildman–Crippen MR) is 153 cm³/mol. The first kappa shape index (κ1) is 27.1. The summed E-state index contributed by atoms with van der Waals surface area (Å²) >= 11 is 0. The number of fused-ring (bicyclic) bond motifs is 5. The average Bonchev–Trinajstić information content (AvgIpc) is 3.54. The van der Waals surface area contributed by atoms with Crippen molar-refractivity contribution in [3.05, 3.63) is 53.1 Å². The van der Waals surface area contributed by atoms with Gasteiger partial charge < -0.3 is 34.5 Å². The maximum atomic E-state index is 14.1. The Morgan fingerprint density at radius 2 is 1.80 bits per heavy atom. The van der Waals surface area contributed by atoms with E-state index in [-0.39, 0.29) is 42.8 Å². The summed E-state index contributed by atoms with van der Waals surface area (Å²) in [6.07, 6.45) is 1.56. The van der Waals surface area contributed by atoms with Crippen LogP contribution in [0.15, 0.2) is 36.4 Å². The van der Waals surface area contributed by atoms with Crippen molar-refractivity contribution >= 4 is 34.7 Å². The Morgan fingerprint density at radius 3 is 2.63 bits per heavy atom. The van der Waals surface area contributed by atoms with Crippen LogP contribution in [0.25, 0.3) is 11.0 Å². The number of hydrogen-bond acceptors (Lipinski definition) is 7. The molecule has 2 saturated heterocycles. The van der Waals surface area contributed by atoms with Crippen molar-refractivity contribution < 1.29 is 23.9 Å². The van der Waals surface area contributed by atoms with Crippen LogP contribution in [0.1, 0.15) is 45.5 Å². The smallest absolute Gasteiger partial charge is 0.254 e. The summed E-state index contributed by atoms with van der Waals surface area (Å²) < 4.78 is 13.4. The fraction of sp³-hybridized carbons (Fsp3) is 0.467. The fourth-order valence-corrected chi connectivity index (χ4v) is 6.06. The van der Waals surface area contributed by atoms with Gasteiger partial charge in [0.25, 0.3) is 11.8 Å². The van der Waals surface area contributed by atoms with Crippen molar-refractivity contribution in [2.75, 3.05) is 50.9 Å². The van der Waals surface area contributed by atoms with Gasteiger partial charge in [0.15, 0.2) is 0 Å². The molecule has 0 aliphatic carbocycles. The van der Waals surface area contributed by atoms with Crippen LogP contribution in [0.5, 0.6) is 5.75 Å². The fourth-order valence-electron chi connectivity index (χ4n) is 6.06. The van der Waals surface area contributed by atoms with Crippen LogP contribution in [0.3, 0.4) is 0 Å². The molecule has 6 rings (SSSR count). The van der Waals surface area contributed by atoms with Gasteiger partial charge in [-0.2, -0.15) is 0 Å². The number of imidazole rings is 1. The van der Waals surface area contributed by atoms with E-state index in [0.717, 1.165) is 35.6 Å². The Bertz CT molecular complexity index is 1480. The van der Waals surface area contributed by atoms with Gasteiger partial charge in [0.05, 0.1) is 30.8 Å². The molecule has 2 fully saturated rings. The van der Waals surface area contributed by atoms with Crippen LogP contribution < -0.4 is 20.3 Å². The lowest BCUT2D eigenvalue weighted by atomic mass is 10.1. The molecule has 1 aromatic heterocycles. The SMILES string of the molecule is Cc1ccc2cc1OCCNC(=O)C[C@@H]1CC[C@H](CNC2=O)N1C(=O)c1ccc2c(c1)nc(N1CCOCC1)n2C. The summed E-state index contributed by atoms with van der Waals surface area (Å²) in [7, 11) is 1.98. The maximum Gasteiger partial charge on any atom is 0.254 e. The summed E-state index contributed by atoms with van der Waals surface area (Å²) in [6, 6.07) is 10.4. The quantitative estimate of drug-likeness (QED) is 0.493. The van der Waals surface area contributed by atoms with Gasteiger partial charge in [-0.05, 0) is 55.7 Å². The highest BCUT2D eigenvalue weighted by Crippen LogP contribution is 2.30. The normalized spacial score (nSPS) is 22.0. The second-order valence-corrected chi connectivity index (χ2v) is 11.0. The Kier molecular flexibility index (Phi) is 7.53. The Morgan fingerprint density at radius 1 is 1.00 bits per heavy atom. The van der Waals surface area contributed by atoms with Gasteiger partial charge >= 0.3 is 0 Å². The number of carbonyl (C=O) groups is 3. The molecule has 2 N–H and O–H groups in total. The molecule has 3 aliphatic heterocycles. The number of morpholine rings is 1. The molecule has 3 aliphatic rings. The van der Waals surface area contributed by atoms with Crippen molar-refractivity contribution in [1.82, 2.24) is 25.1 Å². The largest absolute Gasteiger partial charge is 0.491 e. The van der Waals surface area contributed by atoms with Gasteiger partial charge in [-0.1, -0.05) is 6.07 Å². The van der Waals surface area contributed by atoms with Crippen LogP contribution >= 0.6 is 0 Å².